The molecule has 21 heavy (non-hydrogen) atoms. The van der Waals surface area contributed by atoms with Crippen molar-refractivity contribution in [3.63, 3.8) is 0 Å². The van der Waals surface area contributed by atoms with E-state index >= 15 is 0 Å². The number of benzene rings is 1. The van der Waals surface area contributed by atoms with Crippen LogP contribution in [0.2, 0.25) is 0 Å². The lowest BCUT2D eigenvalue weighted by Gasteiger charge is -2.11. The van der Waals surface area contributed by atoms with Crippen LogP contribution in [0.15, 0.2) is 42.1 Å². The van der Waals surface area contributed by atoms with Gasteiger partial charge in [-0.25, -0.2) is 9.59 Å². The van der Waals surface area contributed by atoms with Crippen LogP contribution in [0.4, 0.5) is 4.79 Å². The molecule has 1 aliphatic rings. The molecule has 2 N–H and O–H groups in total. The van der Waals surface area contributed by atoms with E-state index in [9.17, 15) is 9.59 Å². The highest BCUT2D eigenvalue weighted by atomic mass is 16.5. The van der Waals surface area contributed by atoms with Gasteiger partial charge in [0.25, 0.3) is 0 Å². The van der Waals surface area contributed by atoms with Gasteiger partial charge in [-0.3, -0.25) is 5.32 Å². The Morgan fingerprint density at radius 1 is 1.33 bits per heavy atom. The topological polar surface area (TPSA) is 84.9 Å². The molecule has 1 saturated carbocycles. The first-order valence-corrected chi connectivity index (χ1v) is 6.54. The van der Waals surface area contributed by atoms with Crippen LogP contribution in [0.3, 0.4) is 0 Å². The van der Waals surface area contributed by atoms with Crippen LogP contribution in [0, 0.1) is 0 Å². The Balaban J connectivity index is 1.92. The van der Waals surface area contributed by atoms with Gasteiger partial charge in [0.15, 0.2) is 0 Å². The van der Waals surface area contributed by atoms with Gasteiger partial charge in [0.2, 0.25) is 0 Å². The number of carboxylic acids is 1. The number of nitrogens with one attached hydrogen (secondary N) is 1. The van der Waals surface area contributed by atoms with Gasteiger partial charge in [-0.05, 0) is 24.5 Å². The number of carbonyl (C=O) groups is 2. The molecule has 1 aliphatic carbocycles. The van der Waals surface area contributed by atoms with E-state index in [1.165, 1.54) is 13.2 Å². The summed E-state index contributed by atoms with van der Waals surface area (Å²) < 4.78 is 10.2. The molecule has 0 unspecified atom stereocenters. The number of aliphatic carboxylic acids is 1. The Morgan fingerprint density at radius 2 is 2.00 bits per heavy atom. The van der Waals surface area contributed by atoms with E-state index in [1.54, 1.807) is 0 Å². The minimum Gasteiger partial charge on any atom is -0.477 e. The van der Waals surface area contributed by atoms with Crippen LogP contribution in [-0.4, -0.2) is 29.9 Å². The lowest BCUT2D eigenvalue weighted by molar-refractivity contribution is -0.133. The lowest BCUT2D eigenvalue weighted by atomic mass is 10.2. The van der Waals surface area contributed by atoms with Crippen molar-refractivity contribution in [3.05, 3.63) is 47.7 Å². The minimum atomic E-state index is -1.23. The van der Waals surface area contributed by atoms with Crippen molar-refractivity contribution < 1.29 is 24.2 Å². The van der Waals surface area contributed by atoms with E-state index in [0.29, 0.717) is 0 Å². The van der Waals surface area contributed by atoms with E-state index in [-0.39, 0.29) is 12.3 Å². The molecule has 6 nitrogen and oxygen atoms in total. The predicted molar refractivity (Wildman–Crippen MR) is 74.5 cm³/mol. The molecular formula is C15H17NO5. The molecule has 2 rings (SSSR count). The van der Waals surface area contributed by atoms with Crippen LogP contribution < -0.4 is 5.32 Å². The molecule has 6 heteroatoms. The fraction of sp³-hybridized carbons (Fsp3) is 0.333. The minimum absolute atomic E-state index is 0.0784. The molecule has 0 atom stereocenters. The van der Waals surface area contributed by atoms with Crippen molar-refractivity contribution in [1.82, 2.24) is 5.32 Å². The number of rotatable bonds is 6. The van der Waals surface area contributed by atoms with Gasteiger partial charge in [-0.15, -0.1) is 0 Å². The Labute approximate surface area is 122 Å². The highest BCUT2D eigenvalue weighted by Gasteiger charge is 2.42. The maximum Gasteiger partial charge on any atom is 0.412 e. The summed E-state index contributed by atoms with van der Waals surface area (Å²) in [5.41, 5.74) is 0.0249. The summed E-state index contributed by atoms with van der Waals surface area (Å²) in [4.78, 5) is 22.8. The molecule has 0 aliphatic heterocycles. The van der Waals surface area contributed by atoms with Gasteiger partial charge in [-0.2, -0.15) is 0 Å². The Hall–Kier alpha value is -2.34. The Bertz CT molecular complexity index is 548. The number of carboxylic acid groups (broad SMARTS) is 1. The molecule has 1 fully saturated rings. The number of hydrogen-bond acceptors (Lipinski definition) is 4. The average molecular weight is 291 g/mol. The third-order valence-electron chi connectivity index (χ3n) is 3.24. The van der Waals surface area contributed by atoms with Crippen LogP contribution in [0.1, 0.15) is 18.4 Å². The van der Waals surface area contributed by atoms with E-state index in [4.69, 9.17) is 14.6 Å². The van der Waals surface area contributed by atoms with Crippen molar-refractivity contribution in [2.45, 2.75) is 25.0 Å². The van der Waals surface area contributed by atoms with Crippen LogP contribution in [0.5, 0.6) is 0 Å². The predicted octanol–water partition coefficient (Wildman–Crippen LogP) is 2.06. The highest BCUT2D eigenvalue weighted by Crippen LogP contribution is 2.40. The van der Waals surface area contributed by atoms with Gasteiger partial charge in [0, 0.05) is 7.11 Å². The van der Waals surface area contributed by atoms with Gasteiger partial charge in [0.1, 0.15) is 12.3 Å². The maximum absolute atomic E-state index is 11.6. The van der Waals surface area contributed by atoms with Crippen molar-refractivity contribution in [2.24, 2.45) is 0 Å². The highest BCUT2D eigenvalue weighted by molar-refractivity contribution is 5.91. The third-order valence-corrected chi connectivity index (χ3v) is 3.24. The molecule has 0 radical (unpaired) electrons. The van der Waals surface area contributed by atoms with Crippen LogP contribution >= 0.6 is 0 Å². The number of ether oxygens (including phenoxy) is 2. The number of alkyl carbamates (subject to hydrolysis) is 1. The molecule has 0 heterocycles. The number of amides is 1. The molecule has 0 spiro atoms. The Kier molecular flexibility index (Phi) is 4.59. The second kappa shape index (κ2) is 6.41. The monoisotopic (exact) mass is 291 g/mol. The summed E-state index contributed by atoms with van der Waals surface area (Å²) in [6.07, 6.45) is 2.08. The molecule has 112 valence electrons. The van der Waals surface area contributed by atoms with E-state index in [0.717, 1.165) is 18.4 Å². The van der Waals surface area contributed by atoms with Crippen LogP contribution in [0.25, 0.3) is 0 Å². The quantitative estimate of drug-likeness (QED) is 0.784. The van der Waals surface area contributed by atoms with Crippen molar-refractivity contribution in [3.8, 4) is 0 Å². The molecule has 0 bridgehead atoms. The van der Waals surface area contributed by atoms with Gasteiger partial charge < -0.3 is 14.6 Å². The first kappa shape index (κ1) is 15.1. The van der Waals surface area contributed by atoms with Gasteiger partial charge >= 0.3 is 12.1 Å². The number of hydrogen-bond donors (Lipinski definition) is 2. The zero-order valence-corrected chi connectivity index (χ0v) is 11.7. The second-order valence-corrected chi connectivity index (χ2v) is 4.82. The second-order valence-electron chi connectivity index (χ2n) is 4.82. The number of methoxy groups -OCH3 is 1. The summed E-state index contributed by atoms with van der Waals surface area (Å²) in [6.45, 7) is 0.0784. The summed E-state index contributed by atoms with van der Waals surface area (Å²) in [7, 11) is 1.51. The molecule has 1 amide bonds. The molecule has 0 saturated heterocycles. The third kappa shape index (κ3) is 4.32. The SMILES string of the molecule is COC1(/C=C(/NC(=O)OCc2ccccc2)C(=O)O)CC1. The average Bonchev–Trinajstić information content (AvgIpc) is 3.26. The van der Waals surface area contributed by atoms with E-state index in [1.807, 2.05) is 30.3 Å². The number of carbonyl (C=O) groups excluding carboxylic acids is 1. The normalized spacial score (nSPS) is 16.1. The lowest BCUT2D eigenvalue weighted by Crippen LogP contribution is -2.29. The summed E-state index contributed by atoms with van der Waals surface area (Å²) in [5, 5.41) is 11.3. The van der Waals surface area contributed by atoms with E-state index < -0.39 is 17.7 Å². The molecule has 1 aromatic carbocycles. The standard InChI is InChI=1S/C15H17NO5/c1-20-15(7-8-15)9-12(13(17)18)16-14(19)21-10-11-5-3-2-4-6-11/h2-6,9H,7-8,10H2,1H3,(H,16,19)(H,17,18)/b12-9+. The zero-order valence-electron chi connectivity index (χ0n) is 11.7. The van der Waals surface area contributed by atoms with E-state index in [2.05, 4.69) is 5.32 Å². The van der Waals surface area contributed by atoms with Crippen molar-refractivity contribution in [1.29, 1.82) is 0 Å². The van der Waals surface area contributed by atoms with Crippen molar-refractivity contribution >= 4 is 12.1 Å². The van der Waals surface area contributed by atoms with Gasteiger partial charge in [0.05, 0.1) is 5.60 Å². The summed E-state index contributed by atoms with van der Waals surface area (Å²) in [5.74, 6) is -1.23. The maximum atomic E-state index is 11.6. The van der Waals surface area contributed by atoms with Crippen molar-refractivity contribution in [2.75, 3.05) is 7.11 Å². The molecular weight excluding hydrogens is 274 g/mol. The first-order chi connectivity index (χ1) is 10.0. The zero-order chi connectivity index (χ0) is 15.3. The first-order valence-electron chi connectivity index (χ1n) is 6.54. The molecule has 0 aromatic heterocycles. The largest absolute Gasteiger partial charge is 0.477 e. The van der Waals surface area contributed by atoms with Crippen LogP contribution in [-0.2, 0) is 20.9 Å². The Morgan fingerprint density at radius 3 is 2.52 bits per heavy atom. The molecule has 1 aromatic rings. The van der Waals surface area contributed by atoms with Gasteiger partial charge in [-0.1, -0.05) is 30.3 Å². The summed E-state index contributed by atoms with van der Waals surface area (Å²) >= 11 is 0. The summed E-state index contributed by atoms with van der Waals surface area (Å²) in [6, 6.07) is 9.13. The fourth-order valence-electron chi connectivity index (χ4n) is 1.81. The smallest absolute Gasteiger partial charge is 0.412 e. The fourth-order valence-corrected chi connectivity index (χ4v) is 1.81.